The van der Waals surface area contributed by atoms with E-state index >= 15 is 0 Å². The summed E-state index contributed by atoms with van der Waals surface area (Å²) >= 11 is 0. The second-order valence-corrected chi connectivity index (χ2v) is 6.42. The molecule has 5 N–H and O–H groups in total. The van der Waals surface area contributed by atoms with E-state index in [0.29, 0.717) is 23.5 Å². The molecule has 0 spiro atoms. The third-order valence-corrected chi connectivity index (χ3v) is 4.01. The zero-order valence-corrected chi connectivity index (χ0v) is 16.3. The molecule has 0 fully saturated rings. The molecule has 0 saturated carbocycles. The topological polar surface area (TPSA) is 123 Å². The first-order chi connectivity index (χ1) is 14.0. The van der Waals surface area contributed by atoms with Gasteiger partial charge in [0.25, 0.3) is 5.91 Å². The Morgan fingerprint density at radius 2 is 1.72 bits per heavy atom. The molecule has 154 valence electrons. The van der Waals surface area contributed by atoms with E-state index in [4.69, 9.17) is 10.5 Å². The maximum Gasteiger partial charge on any atom is 0.312 e. The number of nitrogens with two attached hydrogens (primary N) is 1. The standard InChI is InChI=1S/C21H26N4O4/c1-2-3-12-18(25-21(22)28)20(27)24-16-10-7-11-17(13-16)29-14-19(26)23-15-8-5-4-6-9-15/h4-11,13,18H,2-3,12,14H2,1H3,(H,23,26)(H,24,27)(H3,22,25,28). The highest BCUT2D eigenvalue weighted by Crippen LogP contribution is 2.18. The first-order valence-corrected chi connectivity index (χ1v) is 9.42. The Hall–Kier alpha value is -3.55. The molecular formula is C21H26N4O4. The van der Waals surface area contributed by atoms with Crippen LogP contribution in [0, 0.1) is 0 Å². The van der Waals surface area contributed by atoms with Gasteiger partial charge in [-0.2, -0.15) is 0 Å². The first-order valence-electron chi connectivity index (χ1n) is 9.42. The van der Waals surface area contributed by atoms with E-state index in [1.165, 1.54) is 0 Å². The second kappa shape index (κ2) is 11.3. The van der Waals surface area contributed by atoms with Crippen LogP contribution in [0.3, 0.4) is 0 Å². The van der Waals surface area contributed by atoms with Crippen molar-refractivity contribution in [1.29, 1.82) is 0 Å². The molecule has 8 nitrogen and oxygen atoms in total. The summed E-state index contributed by atoms with van der Waals surface area (Å²) in [5.41, 5.74) is 6.33. The summed E-state index contributed by atoms with van der Waals surface area (Å²) < 4.78 is 5.50. The van der Waals surface area contributed by atoms with Crippen molar-refractivity contribution in [2.24, 2.45) is 5.73 Å². The van der Waals surface area contributed by atoms with Gasteiger partial charge in [-0.25, -0.2) is 4.79 Å². The number of hydrogen-bond donors (Lipinski definition) is 4. The molecule has 0 bridgehead atoms. The lowest BCUT2D eigenvalue weighted by Gasteiger charge is -2.17. The number of urea groups is 1. The fourth-order valence-corrected chi connectivity index (χ4v) is 2.61. The molecule has 2 aromatic carbocycles. The minimum absolute atomic E-state index is 0.172. The van der Waals surface area contributed by atoms with Crippen molar-refractivity contribution < 1.29 is 19.1 Å². The predicted octanol–water partition coefficient (Wildman–Crippen LogP) is 2.87. The lowest BCUT2D eigenvalue weighted by atomic mass is 10.1. The minimum atomic E-state index is -0.747. The van der Waals surface area contributed by atoms with Gasteiger partial charge >= 0.3 is 6.03 Å². The summed E-state index contributed by atoms with van der Waals surface area (Å²) in [5.74, 6) is -0.230. The average molecular weight is 398 g/mol. The average Bonchev–Trinajstić information content (AvgIpc) is 2.70. The van der Waals surface area contributed by atoms with Crippen LogP contribution in [0.2, 0.25) is 0 Å². The Morgan fingerprint density at radius 3 is 2.41 bits per heavy atom. The van der Waals surface area contributed by atoms with Gasteiger partial charge in [-0.15, -0.1) is 0 Å². The molecular weight excluding hydrogens is 372 g/mol. The number of nitrogens with one attached hydrogen (secondary N) is 3. The molecule has 8 heteroatoms. The number of para-hydroxylation sites is 1. The van der Waals surface area contributed by atoms with Crippen LogP contribution < -0.4 is 26.4 Å². The fraction of sp³-hybridized carbons (Fsp3) is 0.286. The maximum absolute atomic E-state index is 12.4. The van der Waals surface area contributed by atoms with Crippen LogP contribution in [0.25, 0.3) is 0 Å². The van der Waals surface area contributed by atoms with Crippen molar-refractivity contribution in [3.63, 3.8) is 0 Å². The van der Waals surface area contributed by atoms with E-state index in [-0.39, 0.29) is 18.4 Å². The number of ether oxygens (including phenoxy) is 1. The number of benzene rings is 2. The summed E-state index contributed by atoms with van der Waals surface area (Å²) in [5, 5.41) is 7.92. The van der Waals surface area contributed by atoms with Crippen molar-refractivity contribution in [2.45, 2.75) is 32.2 Å². The highest BCUT2D eigenvalue weighted by atomic mass is 16.5. The van der Waals surface area contributed by atoms with E-state index < -0.39 is 12.1 Å². The Morgan fingerprint density at radius 1 is 1.00 bits per heavy atom. The molecule has 0 aliphatic rings. The molecule has 2 aromatic rings. The van der Waals surface area contributed by atoms with Crippen molar-refractivity contribution in [3.8, 4) is 5.75 Å². The Bertz CT molecular complexity index is 826. The summed E-state index contributed by atoms with van der Waals surface area (Å²) in [6.45, 7) is 1.82. The van der Waals surface area contributed by atoms with Gasteiger partial charge in [0.2, 0.25) is 5.91 Å². The van der Waals surface area contributed by atoms with Gasteiger partial charge in [0.15, 0.2) is 6.61 Å². The van der Waals surface area contributed by atoms with Crippen molar-refractivity contribution in [2.75, 3.05) is 17.2 Å². The summed E-state index contributed by atoms with van der Waals surface area (Å²) in [7, 11) is 0. The van der Waals surface area contributed by atoms with Gasteiger partial charge in [0.05, 0.1) is 0 Å². The van der Waals surface area contributed by atoms with E-state index in [0.717, 1.165) is 12.8 Å². The Balaban J connectivity index is 1.91. The van der Waals surface area contributed by atoms with Crippen LogP contribution in [0.5, 0.6) is 5.75 Å². The maximum atomic E-state index is 12.4. The van der Waals surface area contributed by atoms with E-state index in [9.17, 15) is 14.4 Å². The van der Waals surface area contributed by atoms with E-state index in [2.05, 4.69) is 16.0 Å². The molecule has 4 amide bonds. The molecule has 1 unspecified atom stereocenters. The lowest BCUT2D eigenvalue weighted by molar-refractivity contribution is -0.118. The van der Waals surface area contributed by atoms with Gasteiger partial charge in [0.1, 0.15) is 11.8 Å². The van der Waals surface area contributed by atoms with E-state index in [1.807, 2.05) is 25.1 Å². The van der Waals surface area contributed by atoms with Gasteiger partial charge in [-0.3, -0.25) is 9.59 Å². The molecule has 0 aliphatic heterocycles. The minimum Gasteiger partial charge on any atom is -0.484 e. The van der Waals surface area contributed by atoms with Crippen LogP contribution in [0.15, 0.2) is 54.6 Å². The largest absolute Gasteiger partial charge is 0.484 e. The number of carbonyl (C=O) groups is 3. The molecule has 2 rings (SSSR count). The number of amides is 4. The number of carbonyl (C=O) groups excluding carboxylic acids is 3. The first kappa shape index (κ1) is 21.7. The predicted molar refractivity (Wildman–Crippen MR) is 112 cm³/mol. The Kier molecular flexibility index (Phi) is 8.50. The molecule has 0 aromatic heterocycles. The summed E-state index contributed by atoms with van der Waals surface area (Å²) in [4.78, 5) is 35.6. The van der Waals surface area contributed by atoms with Gasteiger partial charge < -0.3 is 26.4 Å². The van der Waals surface area contributed by atoms with Crippen LogP contribution in [-0.2, 0) is 9.59 Å². The zero-order valence-electron chi connectivity index (χ0n) is 16.3. The number of hydrogen-bond acceptors (Lipinski definition) is 4. The normalized spacial score (nSPS) is 11.2. The monoisotopic (exact) mass is 398 g/mol. The molecule has 0 radical (unpaired) electrons. The van der Waals surface area contributed by atoms with Crippen LogP contribution in [0.1, 0.15) is 26.2 Å². The fourth-order valence-electron chi connectivity index (χ4n) is 2.61. The third-order valence-electron chi connectivity index (χ3n) is 4.01. The number of anilines is 2. The smallest absolute Gasteiger partial charge is 0.312 e. The molecule has 0 saturated heterocycles. The molecule has 0 heterocycles. The molecule has 1 atom stereocenters. The summed E-state index contributed by atoms with van der Waals surface area (Å²) in [6.07, 6.45) is 2.15. The van der Waals surface area contributed by atoms with Gasteiger partial charge in [-0.1, -0.05) is 44.0 Å². The SMILES string of the molecule is CCCCC(NC(N)=O)C(=O)Nc1cccc(OCC(=O)Nc2ccccc2)c1. The highest BCUT2D eigenvalue weighted by molar-refractivity contribution is 5.97. The van der Waals surface area contributed by atoms with Crippen molar-refractivity contribution in [1.82, 2.24) is 5.32 Å². The quantitative estimate of drug-likeness (QED) is 0.491. The molecule has 0 aliphatic carbocycles. The van der Waals surface area contributed by atoms with Gasteiger partial charge in [0, 0.05) is 17.4 Å². The van der Waals surface area contributed by atoms with E-state index in [1.54, 1.807) is 36.4 Å². The van der Waals surface area contributed by atoms with Crippen molar-refractivity contribution >= 4 is 29.2 Å². The highest BCUT2D eigenvalue weighted by Gasteiger charge is 2.19. The van der Waals surface area contributed by atoms with Crippen molar-refractivity contribution in [3.05, 3.63) is 54.6 Å². The van der Waals surface area contributed by atoms with Crippen LogP contribution in [0.4, 0.5) is 16.2 Å². The van der Waals surface area contributed by atoms with Gasteiger partial charge in [-0.05, 0) is 30.7 Å². The number of rotatable bonds is 10. The van der Waals surface area contributed by atoms with Crippen LogP contribution >= 0.6 is 0 Å². The van der Waals surface area contributed by atoms with Crippen LogP contribution in [-0.4, -0.2) is 30.5 Å². The number of primary amides is 1. The second-order valence-electron chi connectivity index (χ2n) is 6.42. The summed E-state index contributed by atoms with van der Waals surface area (Å²) in [6, 6.07) is 14.3. The zero-order chi connectivity index (χ0) is 21.1. The molecule has 29 heavy (non-hydrogen) atoms. The number of unbranched alkanes of at least 4 members (excludes halogenated alkanes) is 1. The lowest BCUT2D eigenvalue weighted by Crippen LogP contribution is -2.46. The third kappa shape index (κ3) is 7.92. The Labute approximate surface area is 169 Å².